The van der Waals surface area contributed by atoms with Crippen molar-refractivity contribution in [2.24, 2.45) is 0 Å². The summed E-state index contributed by atoms with van der Waals surface area (Å²) in [6.07, 6.45) is 12.1. The van der Waals surface area contributed by atoms with Crippen LogP contribution in [-0.2, 0) is 0 Å². The molecule has 2 N–H and O–H groups in total. The summed E-state index contributed by atoms with van der Waals surface area (Å²) in [7, 11) is 0. The van der Waals surface area contributed by atoms with Crippen LogP contribution in [0.15, 0.2) is 24.6 Å². The second kappa shape index (κ2) is 5.83. The van der Waals surface area contributed by atoms with Gasteiger partial charge in [0.1, 0.15) is 0 Å². The minimum Gasteiger partial charge on any atom is -0.391 e. The summed E-state index contributed by atoms with van der Waals surface area (Å²) in [5.74, 6) is 0. The third-order valence-electron chi connectivity index (χ3n) is 1.62. The van der Waals surface area contributed by atoms with E-state index >= 15 is 0 Å². The molecular formula is C9H16N2. The summed E-state index contributed by atoms with van der Waals surface area (Å²) in [6, 6.07) is 0. The Kier molecular flexibility index (Phi) is 4.34. The van der Waals surface area contributed by atoms with Gasteiger partial charge in [-0.3, -0.25) is 0 Å². The highest BCUT2D eigenvalue weighted by Gasteiger charge is 1.84. The Morgan fingerprint density at radius 3 is 1.73 bits per heavy atom. The average molecular weight is 152 g/mol. The molecule has 0 spiro atoms. The highest BCUT2D eigenvalue weighted by molar-refractivity contribution is 4.86. The summed E-state index contributed by atoms with van der Waals surface area (Å²) >= 11 is 0. The van der Waals surface area contributed by atoms with Crippen LogP contribution in [0.2, 0.25) is 0 Å². The van der Waals surface area contributed by atoms with Crippen molar-refractivity contribution in [1.29, 1.82) is 0 Å². The number of allylic oxidation sites excluding steroid dienone is 1. The Balaban J connectivity index is 0.000000112. The van der Waals surface area contributed by atoms with Gasteiger partial charge in [0.2, 0.25) is 0 Å². The highest BCUT2D eigenvalue weighted by atomic mass is 14.8. The predicted octanol–water partition coefficient (Wildman–Crippen LogP) is 1.38. The molecule has 0 saturated heterocycles. The smallest absolute Gasteiger partial charge is 0.0176 e. The Morgan fingerprint density at radius 1 is 0.818 bits per heavy atom. The van der Waals surface area contributed by atoms with Crippen LogP contribution in [0.25, 0.3) is 0 Å². The molecule has 0 radical (unpaired) electrons. The van der Waals surface area contributed by atoms with Gasteiger partial charge >= 0.3 is 0 Å². The van der Waals surface area contributed by atoms with Gasteiger partial charge < -0.3 is 10.6 Å². The van der Waals surface area contributed by atoms with E-state index in [1.807, 2.05) is 12.4 Å². The first-order valence-electron chi connectivity index (χ1n) is 4.27. The zero-order chi connectivity index (χ0) is 7.78. The molecule has 0 aromatic rings. The minimum absolute atomic E-state index is 1.14. The Morgan fingerprint density at radius 2 is 1.55 bits per heavy atom. The van der Waals surface area contributed by atoms with Crippen molar-refractivity contribution in [3.63, 3.8) is 0 Å². The third kappa shape index (κ3) is 4.48. The summed E-state index contributed by atoms with van der Waals surface area (Å²) in [6.45, 7) is 2.30. The minimum atomic E-state index is 1.14. The van der Waals surface area contributed by atoms with E-state index in [2.05, 4.69) is 22.8 Å². The van der Waals surface area contributed by atoms with Crippen molar-refractivity contribution in [2.75, 3.05) is 13.1 Å². The van der Waals surface area contributed by atoms with Crippen LogP contribution in [-0.4, -0.2) is 13.1 Å². The molecule has 0 atom stereocenters. The van der Waals surface area contributed by atoms with Crippen LogP contribution < -0.4 is 10.6 Å². The molecule has 0 amide bonds. The van der Waals surface area contributed by atoms with Gasteiger partial charge in [-0.1, -0.05) is 12.2 Å². The molecular weight excluding hydrogens is 136 g/mol. The second-order valence-electron chi connectivity index (χ2n) is 2.64. The number of rotatable bonds is 0. The van der Waals surface area contributed by atoms with Gasteiger partial charge in [-0.05, 0) is 31.7 Å². The lowest BCUT2D eigenvalue weighted by Crippen LogP contribution is -2.09. The van der Waals surface area contributed by atoms with Crippen LogP contribution >= 0.6 is 0 Å². The maximum atomic E-state index is 3.10. The zero-order valence-electron chi connectivity index (χ0n) is 6.84. The van der Waals surface area contributed by atoms with E-state index in [-0.39, 0.29) is 0 Å². The van der Waals surface area contributed by atoms with Gasteiger partial charge in [0.25, 0.3) is 0 Å². The largest absolute Gasteiger partial charge is 0.391 e. The Hall–Kier alpha value is -0.920. The van der Waals surface area contributed by atoms with E-state index in [1.54, 1.807) is 0 Å². The van der Waals surface area contributed by atoms with E-state index in [9.17, 15) is 0 Å². The molecule has 0 saturated carbocycles. The van der Waals surface area contributed by atoms with E-state index in [4.69, 9.17) is 0 Å². The summed E-state index contributed by atoms with van der Waals surface area (Å²) in [5, 5.41) is 6.15. The van der Waals surface area contributed by atoms with Crippen molar-refractivity contribution in [3.05, 3.63) is 24.6 Å². The van der Waals surface area contributed by atoms with E-state index in [0.717, 1.165) is 13.1 Å². The SMILES string of the molecule is C1=CNCC1.C1=CNCCC1. The lowest BCUT2D eigenvalue weighted by Gasteiger charge is -2.02. The molecule has 0 unspecified atom stereocenters. The molecule has 2 rings (SSSR count). The fourth-order valence-corrected chi connectivity index (χ4v) is 0.989. The van der Waals surface area contributed by atoms with Gasteiger partial charge in [0.15, 0.2) is 0 Å². The van der Waals surface area contributed by atoms with Gasteiger partial charge in [0.05, 0.1) is 0 Å². The third-order valence-corrected chi connectivity index (χ3v) is 1.62. The average Bonchev–Trinajstić information content (AvgIpc) is 2.64. The normalized spacial score (nSPS) is 19.6. The molecule has 2 nitrogen and oxygen atoms in total. The van der Waals surface area contributed by atoms with Gasteiger partial charge in [-0.2, -0.15) is 0 Å². The van der Waals surface area contributed by atoms with Crippen LogP contribution in [0.1, 0.15) is 19.3 Å². The fraction of sp³-hybridized carbons (Fsp3) is 0.556. The molecule has 2 heterocycles. The van der Waals surface area contributed by atoms with E-state index < -0.39 is 0 Å². The zero-order valence-corrected chi connectivity index (χ0v) is 6.84. The Labute approximate surface area is 68.4 Å². The summed E-state index contributed by atoms with van der Waals surface area (Å²) < 4.78 is 0. The second-order valence-corrected chi connectivity index (χ2v) is 2.64. The van der Waals surface area contributed by atoms with E-state index in [0.29, 0.717) is 0 Å². The molecule has 0 fully saturated rings. The van der Waals surface area contributed by atoms with Gasteiger partial charge in [-0.15, -0.1) is 0 Å². The van der Waals surface area contributed by atoms with Crippen molar-refractivity contribution in [1.82, 2.24) is 10.6 Å². The van der Waals surface area contributed by atoms with Gasteiger partial charge in [-0.25, -0.2) is 0 Å². The number of nitrogens with one attached hydrogen (secondary N) is 2. The molecule has 2 heteroatoms. The van der Waals surface area contributed by atoms with Crippen molar-refractivity contribution in [2.45, 2.75) is 19.3 Å². The summed E-state index contributed by atoms with van der Waals surface area (Å²) in [5.41, 5.74) is 0. The first-order chi connectivity index (χ1) is 5.50. The quantitative estimate of drug-likeness (QED) is 0.548. The fourth-order valence-electron chi connectivity index (χ4n) is 0.989. The number of hydrogen-bond acceptors (Lipinski definition) is 2. The molecule has 0 aromatic carbocycles. The molecule has 0 aromatic heterocycles. The predicted molar refractivity (Wildman–Crippen MR) is 48.1 cm³/mol. The maximum absolute atomic E-state index is 3.10. The van der Waals surface area contributed by atoms with Crippen LogP contribution in [0.4, 0.5) is 0 Å². The van der Waals surface area contributed by atoms with Gasteiger partial charge in [0, 0.05) is 13.1 Å². The van der Waals surface area contributed by atoms with Crippen LogP contribution in [0, 0.1) is 0 Å². The molecule has 2 aliphatic heterocycles. The molecule has 11 heavy (non-hydrogen) atoms. The lowest BCUT2D eigenvalue weighted by atomic mass is 10.2. The highest BCUT2D eigenvalue weighted by Crippen LogP contribution is 1.91. The standard InChI is InChI=1S/C5H9N.C4H7N/c1-2-4-6-5-3-1;1-2-4-5-3-1/h2,4,6H,1,3,5H2;1,3,5H,2,4H2. The summed E-state index contributed by atoms with van der Waals surface area (Å²) in [4.78, 5) is 0. The molecule has 2 aliphatic rings. The monoisotopic (exact) mass is 152 g/mol. The Bertz CT molecular complexity index is 124. The maximum Gasteiger partial charge on any atom is 0.0176 e. The first-order valence-corrected chi connectivity index (χ1v) is 4.27. The van der Waals surface area contributed by atoms with Crippen LogP contribution in [0.5, 0.6) is 0 Å². The molecule has 0 aliphatic carbocycles. The van der Waals surface area contributed by atoms with E-state index in [1.165, 1.54) is 19.3 Å². The topological polar surface area (TPSA) is 24.1 Å². The molecule has 0 bridgehead atoms. The van der Waals surface area contributed by atoms with Crippen molar-refractivity contribution < 1.29 is 0 Å². The number of hydrogen-bond donors (Lipinski definition) is 2. The molecule has 62 valence electrons. The van der Waals surface area contributed by atoms with Crippen molar-refractivity contribution in [3.8, 4) is 0 Å². The first kappa shape index (κ1) is 8.18. The lowest BCUT2D eigenvalue weighted by molar-refractivity contribution is 0.728. The van der Waals surface area contributed by atoms with Crippen molar-refractivity contribution >= 4 is 0 Å². The van der Waals surface area contributed by atoms with Crippen LogP contribution in [0.3, 0.4) is 0 Å².